The van der Waals surface area contributed by atoms with E-state index in [1.165, 1.54) is 11.6 Å². The number of H-pyrrole nitrogens is 2. The normalized spacial score (nSPS) is 16.2. The van der Waals surface area contributed by atoms with Crippen molar-refractivity contribution in [3.05, 3.63) is 94.6 Å². The van der Waals surface area contributed by atoms with Crippen LogP contribution in [0.4, 0.5) is 4.39 Å². The number of hydrogen-bond donors (Lipinski definition) is 3. The van der Waals surface area contributed by atoms with Crippen LogP contribution in [-0.4, -0.2) is 28.3 Å². The number of aromatic nitrogens is 3. The first-order valence-electron chi connectivity index (χ1n) is 11.1. The molecule has 32 heavy (non-hydrogen) atoms. The van der Waals surface area contributed by atoms with E-state index in [9.17, 15) is 4.39 Å². The van der Waals surface area contributed by atoms with Crippen LogP contribution in [0.25, 0.3) is 33.9 Å². The Kier molecular flexibility index (Phi) is 4.64. The number of rotatable bonds is 3. The van der Waals surface area contributed by atoms with Crippen LogP contribution < -0.4 is 5.32 Å². The van der Waals surface area contributed by atoms with Gasteiger partial charge in [-0.05, 0) is 91.0 Å². The molecule has 2 aromatic carbocycles. The van der Waals surface area contributed by atoms with Gasteiger partial charge in [-0.25, -0.2) is 4.39 Å². The second-order valence-corrected chi connectivity index (χ2v) is 8.48. The molecule has 1 saturated heterocycles. The molecule has 0 bridgehead atoms. The maximum Gasteiger partial charge on any atom is 0.123 e. The maximum atomic E-state index is 13.9. The summed E-state index contributed by atoms with van der Waals surface area (Å²) in [5.41, 5.74) is 11.2. The highest BCUT2D eigenvalue weighted by Gasteiger charge is 2.20. The minimum atomic E-state index is -0.245. The Morgan fingerprint density at radius 1 is 1.03 bits per heavy atom. The summed E-state index contributed by atoms with van der Waals surface area (Å²) in [4.78, 5) is 3.52. The van der Waals surface area contributed by atoms with Crippen molar-refractivity contribution >= 4 is 22.6 Å². The molecule has 3 heterocycles. The number of piperidine rings is 1. The highest BCUT2D eigenvalue weighted by atomic mass is 19.1. The first kappa shape index (κ1) is 19.1. The van der Waals surface area contributed by atoms with Gasteiger partial charge < -0.3 is 10.3 Å². The van der Waals surface area contributed by atoms with Gasteiger partial charge in [0.1, 0.15) is 11.5 Å². The predicted molar refractivity (Wildman–Crippen MR) is 127 cm³/mol. The van der Waals surface area contributed by atoms with Crippen molar-refractivity contribution in [3.8, 4) is 11.4 Å². The number of nitrogens with one attached hydrogen (secondary N) is 3. The Morgan fingerprint density at radius 2 is 1.94 bits per heavy atom. The lowest BCUT2D eigenvalue weighted by atomic mass is 9.89. The lowest BCUT2D eigenvalue weighted by Crippen LogP contribution is -2.26. The second kappa shape index (κ2) is 7.79. The van der Waals surface area contributed by atoms with Gasteiger partial charge >= 0.3 is 0 Å². The SMILES string of the molecule is Fc1cccc(C2=CC=C=Cc3[nH]c(-c4n[nH]c5ccc(C6CCNCC6)cc45)cc32)c1. The number of benzene rings is 2. The van der Waals surface area contributed by atoms with Gasteiger partial charge in [0.15, 0.2) is 0 Å². The quantitative estimate of drug-likeness (QED) is 0.367. The van der Waals surface area contributed by atoms with Gasteiger partial charge in [-0.1, -0.05) is 18.2 Å². The van der Waals surface area contributed by atoms with Crippen molar-refractivity contribution < 1.29 is 4.39 Å². The average molecular weight is 423 g/mol. The maximum absolute atomic E-state index is 13.9. The van der Waals surface area contributed by atoms with Crippen LogP contribution in [0, 0.1) is 5.82 Å². The first-order valence-corrected chi connectivity index (χ1v) is 11.1. The average Bonchev–Trinajstić information content (AvgIpc) is 3.38. The summed E-state index contributed by atoms with van der Waals surface area (Å²) in [6.07, 6.45) is 8.09. The van der Waals surface area contributed by atoms with Crippen LogP contribution in [0.5, 0.6) is 0 Å². The van der Waals surface area contributed by atoms with E-state index in [0.717, 1.165) is 70.6 Å². The summed E-state index contributed by atoms with van der Waals surface area (Å²) in [6, 6.07) is 15.5. The van der Waals surface area contributed by atoms with Gasteiger partial charge in [-0.2, -0.15) is 5.10 Å². The molecule has 1 aliphatic heterocycles. The van der Waals surface area contributed by atoms with E-state index in [2.05, 4.69) is 50.5 Å². The molecule has 0 saturated carbocycles. The van der Waals surface area contributed by atoms with Gasteiger partial charge in [-0.3, -0.25) is 5.10 Å². The molecule has 4 nitrogen and oxygen atoms in total. The lowest BCUT2D eigenvalue weighted by molar-refractivity contribution is 0.460. The molecule has 0 radical (unpaired) electrons. The number of aromatic amines is 2. The minimum absolute atomic E-state index is 0.245. The molecule has 4 aromatic rings. The van der Waals surface area contributed by atoms with Gasteiger partial charge in [0.25, 0.3) is 0 Å². The second-order valence-electron chi connectivity index (χ2n) is 8.48. The zero-order chi connectivity index (χ0) is 21.5. The Bertz CT molecular complexity index is 1410. The number of nitrogens with zero attached hydrogens (tertiary/aromatic N) is 1. The number of fused-ring (bicyclic) bond motifs is 2. The molecule has 3 N–H and O–H groups in total. The zero-order valence-corrected chi connectivity index (χ0v) is 17.6. The van der Waals surface area contributed by atoms with Gasteiger partial charge in [0.2, 0.25) is 0 Å². The molecule has 0 unspecified atom stereocenters. The van der Waals surface area contributed by atoms with E-state index < -0.39 is 0 Å². The molecule has 5 heteroatoms. The summed E-state index contributed by atoms with van der Waals surface area (Å²) in [6.45, 7) is 2.14. The minimum Gasteiger partial charge on any atom is -0.353 e. The fourth-order valence-electron chi connectivity index (χ4n) is 4.84. The molecular formula is C27H23FN4. The number of halogens is 1. The van der Waals surface area contributed by atoms with Crippen LogP contribution in [0.2, 0.25) is 0 Å². The number of hydrogen-bond acceptors (Lipinski definition) is 2. The Hall–Kier alpha value is -3.66. The van der Waals surface area contributed by atoms with E-state index in [-0.39, 0.29) is 5.82 Å². The smallest absolute Gasteiger partial charge is 0.123 e. The Morgan fingerprint density at radius 3 is 2.81 bits per heavy atom. The highest BCUT2D eigenvalue weighted by Crippen LogP contribution is 2.36. The van der Waals surface area contributed by atoms with Gasteiger partial charge in [0, 0.05) is 17.0 Å². The van der Waals surface area contributed by atoms with Crippen LogP contribution in [-0.2, 0) is 0 Å². The standard InChI is InChI=1S/C27H23FN4/c28-20-5-3-4-19(14-20)21-6-1-2-7-24-22(21)16-26(30-24)27-23-15-18(8-9-25(23)31-32-27)17-10-12-29-13-11-17/h1,3-9,14-17,29-30H,10-13H2,(H,31,32). The molecule has 1 aliphatic carbocycles. The molecule has 2 aliphatic rings. The van der Waals surface area contributed by atoms with Crippen LogP contribution in [0.3, 0.4) is 0 Å². The molecular weight excluding hydrogens is 399 g/mol. The van der Waals surface area contributed by atoms with Crippen molar-refractivity contribution in [2.45, 2.75) is 18.8 Å². The summed E-state index contributed by atoms with van der Waals surface area (Å²) in [7, 11) is 0. The van der Waals surface area contributed by atoms with Crippen molar-refractivity contribution in [1.82, 2.24) is 20.5 Å². The summed E-state index contributed by atoms with van der Waals surface area (Å²) >= 11 is 0. The van der Waals surface area contributed by atoms with Gasteiger partial charge in [0.05, 0.1) is 16.9 Å². The Balaban J connectivity index is 1.44. The fourth-order valence-corrected chi connectivity index (χ4v) is 4.84. The molecule has 0 amide bonds. The topological polar surface area (TPSA) is 56.5 Å². The van der Waals surface area contributed by atoms with Crippen LogP contribution in [0.1, 0.15) is 41.1 Å². The van der Waals surface area contributed by atoms with E-state index in [4.69, 9.17) is 0 Å². The van der Waals surface area contributed by atoms with E-state index in [0.29, 0.717) is 5.92 Å². The molecule has 6 rings (SSSR count). The lowest BCUT2D eigenvalue weighted by Gasteiger charge is -2.23. The third-order valence-electron chi connectivity index (χ3n) is 6.50. The van der Waals surface area contributed by atoms with Crippen LogP contribution in [0.15, 0.2) is 66.4 Å². The van der Waals surface area contributed by atoms with Gasteiger partial charge in [-0.15, -0.1) is 5.73 Å². The zero-order valence-electron chi connectivity index (χ0n) is 17.6. The van der Waals surface area contributed by atoms with Crippen molar-refractivity contribution in [2.24, 2.45) is 0 Å². The van der Waals surface area contributed by atoms with E-state index in [1.54, 1.807) is 12.1 Å². The third-order valence-corrected chi connectivity index (χ3v) is 6.50. The highest BCUT2D eigenvalue weighted by molar-refractivity contribution is 5.95. The molecule has 2 aromatic heterocycles. The Labute approximate surface area is 185 Å². The third kappa shape index (κ3) is 3.32. The number of allylic oxidation sites excluding steroid dienone is 2. The van der Waals surface area contributed by atoms with Crippen molar-refractivity contribution in [3.63, 3.8) is 0 Å². The summed E-state index contributed by atoms with van der Waals surface area (Å²) in [5, 5.41) is 12.4. The fraction of sp³-hybridized carbons (Fsp3) is 0.185. The van der Waals surface area contributed by atoms with Crippen LogP contribution >= 0.6 is 0 Å². The summed E-state index contributed by atoms with van der Waals surface area (Å²) in [5.74, 6) is 0.338. The molecule has 158 valence electrons. The van der Waals surface area contributed by atoms with E-state index >= 15 is 0 Å². The molecule has 0 atom stereocenters. The summed E-state index contributed by atoms with van der Waals surface area (Å²) < 4.78 is 13.9. The van der Waals surface area contributed by atoms with Crippen molar-refractivity contribution in [1.29, 1.82) is 0 Å². The monoisotopic (exact) mass is 422 g/mol. The van der Waals surface area contributed by atoms with Crippen molar-refractivity contribution in [2.75, 3.05) is 13.1 Å². The predicted octanol–water partition coefficient (Wildman–Crippen LogP) is 5.78. The molecule has 1 fully saturated rings. The first-order chi connectivity index (χ1) is 15.8. The largest absolute Gasteiger partial charge is 0.353 e. The molecule has 0 spiro atoms. The van der Waals surface area contributed by atoms with E-state index in [1.807, 2.05) is 24.3 Å².